The van der Waals surface area contributed by atoms with Crippen LogP contribution in [0.3, 0.4) is 0 Å². The predicted octanol–water partition coefficient (Wildman–Crippen LogP) is 2.73. The van der Waals surface area contributed by atoms with Gasteiger partial charge in [0, 0.05) is 19.9 Å². The Morgan fingerprint density at radius 3 is 2.75 bits per heavy atom. The van der Waals surface area contributed by atoms with Gasteiger partial charge in [-0.3, -0.25) is 4.79 Å². The summed E-state index contributed by atoms with van der Waals surface area (Å²) < 4.78 is 11.0. The molecule has 1 aromatic heterocycles. The number of hydrogen-bond acceptors (Lipinski definition) is 5. The van der Waals surface area contributed by atoms with Crippen molar-refractivity contribution in [3.05, 3.63) is 54.1 Å². The average molecular weight is 329 g/mol. The van der Waals surface area contributed by atoms with Crippen LogP contribution in [0, 0.1) is 0 Å². The third-order valence-corrected chi connectivity index (χ3v) is 3.74. The number of ether oxygens (including phenoxy) is 2. The third kappa shape index (κ3) is 4.52. The van der Waals surface area contributed by atoms with Gasteiger partial charge in [-0.1, -0.05) is 12.1 Å². The second-order valence-electron chi connectivity index (χ2n) is 5.27. The molecule has 0 bridgehead atoms. The van der Waals surface area contributed by atoms with Crippen LogP contribution in [0.5, 0.6) is 5.75 Å². The molecule has 0 N–H and O–H groups in total. The first-order valence-corrected chi connectivity index (χ1v) is 7.97. The lowest BCUT2D eigenvalue weighted by Gasteiger charge is -2.25. The van der Waals surface area contributed by atoms with E-state index in [-0.39, 0.29) is 11.9 Å². The second-order valence-corrected chi connectivity index (χ2v) is 5.27. The van der Waals surface area contributed by atoms with Crippen LogP contribution >= 0.6 is 0 Å². The molecule has 1 aromatic carbocycles. The smallest absolute Gasteiger partial charge is 0.257 e. The Morgan fingerprint density at radius 2 is 2.04 bits per heavy atom. The Balaban J connectivity index is 2.11. The van der Waals surface area contributed by atoms with Gasteiger partial charge in [0.05, 0.1) is 23.9 Å². The fourth-order valence-corrected chi connectivity index (χ4v) is 2.24. The number of nitrogens with zero attached hydrogens (tertiary/aromatic N) is 3. The lowest BCUT2D eigenvalue weighted by molar-refractivity contribution is 0.0729. The molecule has 0 aliphatic carbocycles. The molecule has 6 heteroatoms. The van der Waals surface area contributed by atoms with E-state index in [4.69, 9.17) is 9.47 Å². The summed E-state index contributed by atoms with van der Waals surface area (Å²) in [4.78, 5) is 22.6. The normalized spacial score (nSPS) is 11.8. The molecule has 24 heavy (non-hydrogen) atoms. The number of rotatable bonds is 8. The lowest BCUT2D eigenvalue weighted by Crippen LogP contribution is -2.30. The van der Waals surface area contributed by atoms with Crippen LogP contribution in [0.25, 0.3) is 0 Å². The Bertz CT molecular complexity index is 649. The molecule has 1 atom stereocenters. The van der Waals surface area contributed by atoms with Crippen LogP contribution < -0.4 is 4.74 Å². The molecule has 0 aliphatic heterocycles. The van der Waals surface area contributed by atoms with E-state index in [9.17, 15) is 4.79 Å². The number of hydrogen-bond donors (Lipinski definition) is 0. The van der Waals surface area contributed by atoms with Gasteiger partial charge in [0.1, 0.15) is 18.7 Å². The number of carbonyl (C=O) groups excluding carboxylic acids is 1. The molecule has 1 unspecified atom stereocenters. The van der Waals surface area contributed by atoms with Gasteiger partial charge in [0.15, 0.2) is 0 Å². The fourth-order valence-electron chi connectivity index (χ4n) is 2.24. The van der Waals surface area contributed by atoms with Crippen molar-refractivity contribution in [3.63, 3.8) is 0 Å². The molecule has 128 valence electrons. The summed E-state index contributed by atoms with van der Waals surface area (Å²) in [6.45, 7) is 5.40. The highest BCUT2D eigenvalue weighted by atomic mass is 16.5. The Morgan fingerprint density at radius 1 is 1.25 bits per heavy atom. The van der Waals surface area contributed by atoms with E-state index in [2.05, 4.69) is 9.97 Å². The van der Waals surface area contributed by atoms with Crippen molar-refractivity contribution in [2.24, 2.45) is 0 Å². The second kappa shape index (κ2) is 8.98. The first kappa shape index (κ1) is 17.9. The van der Waals surface area contributed by atoms with Crippen LogP contribution in [0.2, 0.25) is 0 Å². The minimum atomic E-state index is -0.169. The van der Waals surface area contributed by atoms with Crippen LogP contribution in [-0.2, 0) is 4.74 Å². The Hall–Kier alpha value is -2.47. The number of amides is 1. The molecule has 2 rings (SSSR count). The molecule has 1 heterocycles. The molecular weight excluding hydrogens is 306 g/mol. The maximum atomic E-state index is 12.8. The van der Waals surface area contributed by atoms with Crippen LogP contribution in [0.1, 0.15) is 35.9 Å². The SMILES string of the molecule is CCOCCOc1ccccc1C(=O)N(C)C(C)c1ccncn1. The number of carbonyl (C=O) groups is 1. The predicted molar refractivity (Wildman–Crippen MR) is 91.0 cm³/mol. The maximum absolute atomic E-state index is 12.8. The summed E-state index contributed by atoms with van der Waals surface area (Å²) >= 11 is 0. The summed E-state index contributed by atoms with van der Waals surface area (Å²) in [6, 6.07) is 8.87. The van der Waals surface area contributed by atoms with Gasteiger partial charge in [-0.2, -0.15) is 0 Å². The van der Waals surface area contributed by atoms with Crippen LogP contribution in [0.15, 0.2) is 42.9 Å². The fraction of sp³-hybridized carbons (Fsp3) is 0.389. The number of aromatic nitrogens is 2. The van der Waals surface area contributed by atoms with Gasteiger partial charge in [-0.15, -0.1) is 0 Å². The van der Waals surface area contributed by atoms with Crippen molar-refractivity contribution >= 4 is 5.91 Å². The molecule has 0 saturated heterocycles. The van der Waals surface area contributed by atoms with Gasteiger partial charge in [0.25, 0.3) is 5.91 Å². The van der Waals surface area contributed by atoms with Crippen molar-refractivity contribution in [1.29, 1.82) is 0 Å². The van der Waals surface area contributed by atoms with Gasteiger partial charge in [0.2, 0.25) is 0 Å². The summed E-state index contributed by atoms with van der Waals surface area (Å²) in [5, 5.41) is 0. The topological polar surface area (TPSA) is 64.6 Å². The molecule has 1 amide bonds. The highest BCUT2D eigenvalue weighted by molar-refractivity contribution is 5.97. The molecule has 0 radical (unpaired) electrons. The van der Waals surface area contributed by atoms with Gasteiger partial charge in [-0.05, 0) is 32.0 Å². The minimum Gasteiger partial charge on any atom is -0.490 e. The molecule has 6 nitrogen and oxygen atoms in total. The largest absolute Gasteiger partial charge is 0.490 e. The standard InChI is InChI=1S/C18H23N3O3/c1-4-23-11-12-24-17-8-6-5-7-15(17)18(22)21(3)14(2)16-9-10-19-13-20-16/h5-10,13-14H,4,11-12H2,1-3H3. The number of para-hydroxylation sites is 1. The minimum absolute atomic E-state index is 0.117. The Labute approximate surface area is 142 Å². The van der Waals surface area contributed by atoms with Crippen molar-refractivity contribution in [2.75, 3.05) is 26.9 Å². The van der Waals surface area contributed by atoms with E-state index in [1.54, 1.807) is 36.3 Å². The van der Waals surface area contributed by atoms with E-state index in [0.29, 0.717) is 31.1 Å². The lowest BCUT2D eigenvalue weighted by atomic mass is 10.1. The van der Waals surface area contributed by atoms with Crippen LogP contribution in [0.4, 0.5) is 0 Å². The zero-order valence-electron chi connectivity index (χ0n) is 14.3. The first-order chi connectivity index (χ1) is 11.6. The first-order valence-electron chi connectivity index (χ1n) is 7.97. The van der Waals surface area contributed by atoms with E-state index in [0.717, 1.165) is 5.69 Å². The van der Waals surface area contributed by atoms with E-state index in [1.807, 2.05) is 26.0 Å². The molecule has 0 fully saturated rings. The summed E-state index contributed by atoms with van der Waals surface area (Å²) in [7, 11) is 1.76. The maximum Gasteiger partial charge on any atom is 0.257 e. The third-order valence-electron chi connectivity index (χ3n) is 3.74. The highest BCUT2D eigenvalue weighted by Crippen LogP contribution is 2.24. The van der Waals surface area contributed by atoms with Crippen LogP contribution in [-0.4, -0.2) is 47.6 Å². The Kier molecular flexibility index (Phi) is 6.69. The van der Waals surface area contributed by atoms with E-state index in [1.165, 1.54) is 6.33 Å². The van der Waals surface area contributed by atoms with E-state index < -0.39 is 0 Å². The molecular formula is C18H23N3O3. The molecule has 0 spiro atoms. The molecule has 0 saturated carbocycles. The average Bonchev–Trinajstić information content (AvgIpc) is 2.64. The molecule has 0 aliphatic rings. The van der Waals surface area contributed by atoms with Crippen molar-refractivity contribution in [3.8, 4) is 5.75 Å². The van der Waals surface area contributed by atoms with Gasteiger partial charge in [-0.25, -0.2) is 9.97 Å². The number of benzene rings is 1. The summed E-state index contributed by atoms with van der Waals surface area (Å²) in [5.41, 5.74) is 1.31. The van der Waals surface area contributed by atoms with E-state index >= 15 is 0 Å². The highest BCUT2D eigenvalue weighted by Gasteiger charge is 2.22. The summed E-state index contributed by atoms with van der Waals surface area (Å²) in [6.07, 6.45) is 3.15. The quantitative estimate of drug-likeness (QED) is 0.697. The van der Waals surface area contributed by atoms with Gasteiger partial charge >= 0.3 is 0 Å². The summed E-state index contributed by atoms with van der Waals surface area (Å²) in [5.74, 6) is 0.442. The monoisotopic (exact) mass is 329 g/mol. The van der Waals surface area contributed by atoms with Crippen molar-refractivity contribution < 1.29 is 14.3 Å². The molecule has 2 aromatic rings. The van der Waals surface area contributed by atoms with Gasteiger partial charge < -0.3 is 14.4 Å². The van der Waals surface area contributed by atoms with Crippen molar-refractivity contribution in [1.82, 2.24) is 14.9 Å². The zero-order chi connectivity index (χ0) is 17.4. The zero-order valence-corrected chi connectivity index (χ0v) is 14.3. The van der Waals surface area contributed by atoms with Crippen molar-refractivity contribution in [2.45, 2.75) is 19.9 Å².